The highest BCUT2D eigenvalue weighted by atomic mass is 32.1. The molecule has 0 unspecified atom stereocenters. The Labute approximate surface area is 156 Å². The Morgan fingerprint density at radius 2 is 1.96 bits per heavy atom. The third-order valence-electron chi connectivity index (χ3n) is 3.84. The van der Waals surface area contributed by atoms with Crippen molar-refractivity contribution in [3.8, 4) is 10.6 Å². The van der Waals surface area contributed by atoms with Gasteiger partial charge in [0.1, 0.15) is 11.6 Å². The summed E-state index contributed by atoms with van der Waals surface area (Å²) in [5.41, 5.74) is 1.73. The van der Waals surface area contributed by atoms with Gasteiger partial charge in [-0.3, -0.25) is 4.79 Å². The number of hydrogen-bond donors (Lipinski definition) is 0. The van der Waals surface area contributed by atoms with Gasteiger partial charge in [0.2, 0.25) is 0 Å². The first-order chi connectivity index (χ1) is 12.7. The molecule has 0 aliphatic heterocycles. The molecule has 6 nitrogen and oxygen atoms in total. The van der Waals surface area contributed by atoms with Gasteiger partial charge in [-0.15, -0.1) is 16.4 Å². The van der Waals surface area contributed by atoms with Crippen LogP contribution >= 0.6 is 11.3 Å². The number of rotatable bonds is 5. The summed E-state index contributed by atoms with van der Waals surface area (Å²) in [6.07, 6.45) is -4.40. The first-order valence-electron chi connectivity index (χ1n) is 7.87. The minimum atomic E-state index is -4.38. The number of benzene rings is 1. The van der Waals surface area contributed by atoms with Gasteiger partial charge in [0.05, 0.1) is 29.1 Å². The van der Waals surface area contributed by atoms with Crippen molar-refractivity contribution in [2.45, 2.75) is 26.1 Å². The first-order valence-corrected chi connectivity index (χ1v) is 8.75. The van der Waals surface area contributed by atoms with Crippen LogP contribution in [0.1, 0.15) is 22.6 Å². The second kappa shape index (κ2) is 7.47. The monoisotopic (exact) mass is 396 g/mol. The van der Waals surface area contributed by atoms with Gasteiger partial charge in [-0.05, 0) is 19.1 Å². The van der Waals surface area contributed by atoms with Crippen molar-refractivity contribution >= 4 is 17.3 Å². The lowest BCUT2D eigenvalue weighted by atomic mass is 10.1. The van der Waals surface area contributed by atoms with Crippen molar-refractivity contribution in [1.82, 2.24) is 20.0 Å². The zero-order valence-electron chi connectivity index (χ0n) is 14.4. The largest absolute Gasteiger partial charge is 0.459 e. The number of hydrogen-bond acceptors (Lipinski definition) is 6. The number of carbonyl (C=O) groups excluding carboxylic acids is 1. The van der Waals surface area contributed by atoms with Crippen LogP contribution in [0, 0.1) is 6.92 Å². The second-order valence-corrected chi connectivity index (χ2v) is 6.66. The molecule has 27 heavy (non-hydrogen) atoms. The highest BCUT2D eigenvalue weighted by Crippen LogP contribution is 2.31. The van der Waals surface area contributed by atoms with E-state index < -0.39 is 17.7 Å². The molecule has 0 atom stereocenters. The minimum absolute atomic E-state index is 0.0263. The van der Waals surface area contributed by atoms with Crippen LogP contribution in [0.3, 0.4) is 0 Å². The predicted octanol–water partition coefficient (Wildman–Crippen LogP) is 3.55. The van der Waals surface area contributed by atoms with Crippen molar-refractivity contribution in [2.24, 2.45) is 7.05 Å². The molecule has 2 heterocycles. The summed E-state index contributed by atoms with van der Waals surface area (Å²) < 4.78 is 44.6. The number of ether oxygens (including phenoxy) is 1. The van der Waals surface area contributed by atoms with Gasteiger partial charge in [-0.1, -0.05) is 17.3 Å². The Hall–Kier alpha value is -2.75. The lowest BCUT2D eigenvalue weighted by Crippen LogP contribution is -2.11. The van der Waals surface area contributed by atoms with Gasteiger partial charge in [-0.2, -0.15) is 13.2 Å². The molecule has 0 spiro atoms. The van der Waals surface area contributed by atoms with E-state index in [1.54, 1.807) is 19.4 Å². The topological polar surface area (TPSA) is 69.9 Å². The fraction of sp³-hybridized carbons (Fsp3) is 0.294. The highest BCUT2D eigenvalue weighted by Gasteiger charge is 2.30. The van der Waals surface area contributed by atoms with Crippen molar-refractivity contribution < 1.29 is 22.7 Å². The first kappa shape index (κ1) is 19.0. The molecule has 10 heteroatoms. The molecule has 142 valence electrons. The van der Waals surface area contributed by atoms with Crippen molar-refractivity contribution in [1.29, 1.82) is 0 Å². The molecule has 0 aliphatic carbocycles. The van der Waals surface area contributed by atoms with Gasteiger partial charge in [0.15, 0.2) is 0 Å². The van der Waals surface area contributed by atoms with Gasteiger partial charge in [0, 0.05) is 18.0 Å². The summed E-state index contributed by atoms with van der Waals surface area (Å²) in [5.74, 6) is -0.458. The number of thiazole rings is 1. The zero-order valence-corrected chi connectivity index (χ0v) is 15.3. The normalized spacial score (nSPS) is 11.6. The maximum atomic E-state index is 12.6. The molecular formula is C17H15F3N4O2S. The van der Waals surface area contributed by atoms with E-state index in [2.05, 4.69) is 15.3 Å². The fourth-order valence-corrected chi connectivity index (χ4v) is 3.17. The highest BCUT2D eigenvalue weighted by molar-refractivity contribution is 7.13. The lowest BCUT2D eigenvalue weighted by Gasteiger charge is -2.06. The maximum Gasteiger partial charge on any atom is 0.416 e. The molecule has 0 fully saturated rings. The Bertz CT molecular complexity index is 928. The standard InChI is InChI=1S/C17H15F3N4O2S/c1-10-14(24(2)23-22-10)8-26-15(25)7-13-9-27-16(21-13)11-3-5-12(6-4-11)17(18,19)20/h3-6,9H,7-8H2,1-2H3. The van der Waals surface area contributed by atoms with Crippen LogP contribution in [0.25, 0.3) is 10.6 Å². The van der Waals surface area contributed by atoms with E-state index in [-0.39, 0.29) is 13.0 Å². The van der Waals surface area contributed by atoms with Gasteiger partial charge in [-0.25, -0.2) is 9.67 Å². The van der Waals surface area contributed by atoms with Gasteiger partial charge < -0.3 is 4.74 Å². The predicted molar refractivity (Wildman–Crippen MR) is 91.8 cm³/mol. The molecule has 0 N–H and O–H groups in total. The summed E-state index contributed by atoms with van der Waals surface area (Å²) in [7, 11) is 1.71. The zero-order chi connectivity index (χ0) is 19.6. The van der Waals surface area contributed by atoms with E-state index in [1.807, 2.05) is 0 Å². The SMILES string of the molecule is Cc1nnn(C)c1COC(=O)Cc1csc(-c2ccc(C(F)(F)F)cc2)n1. The number of aromatic nitrogens is 4. The van der Waals surface area contributed by atoms with E-state index in [1.165, 1.54) is 28.2 Å². The van der Waals surface area contributed by atoms with E-state index >= 15 is 0 Å². The second-order valence-electron chi connectivity index (χ2n) is 5.80. The smallest absolute Gasteiger partial charge is 0.416 e. The Balaban J connectivity index is 1.61. The quantitative estimate of drug-likeness (QED) is 0.617. The van der Waals surface area contributed by atoms with E-state index in [9.17, 15) is 18.0 Å². The average molecular weight is 396 g/mol. The molecule has 2 aromatic heterocycles. The van der Waals surface area contributed by atoms with Crippen LogP contribution < -0.4 is 0 Å². The van der Waals surface area contributed by atoms with Crippen LogP contribution in [0.2, 0.25) is 0 Å². The van der Waals surface area contributed by atoms with Gasteiger partial charge in [0.25, 0.3) is 0 Å². The molecular weight excluding hydrogens is 381 g/mol. The number of aryl methyl sites for hydroxylation is 2. The summed E-state index contributed by atoms with van der Waals surface area (Å²) in [6, 6.07) is 4.74. The van der Waals surface area contributed by atoms with Crippen LogP contribution in [0.4, 0.5) is 13.2 Å². The molecule has 0 bridgehead atoms. The van der Waals surface area contributed by atoms with E-state index in [0.29, 0.717) is 27.7 Å². The molecule has 1 aromatic carbocycles. The number of carbonyl (C=O) groups is 1. The van der Waals surface area contributed by atoms with Crippen molar-refractivity contribution in [3.05, 3.63) is 52.3 Å². The third kappa shape index (κ3) is 4.51. The molecule has 0 radical (unpaired) electrons. The van der Waals surface area contributed by atoms with Crippen LogP contribution in [-0.4, -0.2) is 25.9 Å². The van der Waals surface area contributed by atoms with Crippen LogP contribution in [0.5, 0.6) is 0 Å². The summed E-state index contributed by atoms with van der Waals surface area (Å²) in [4.78, 5) is 16.3. The minimum Gasteiger partial charge on any atom is -0.459 e. The Morgan fingerprint density at radius 3 is 2.56 bits per heavy atom. The Kier molecular flexibility index (Phi) is 5.26. The summed E-state index contributed by atoms with van der Waals surface area (Å²) >= 11 is 1.25. The molecule has 0 aliphatic rings. The lowest BCUT2D eigenvalue weighted by molar-refractivity contribution is -0.144. The third-order valence-corrected chi connectivity index (χ3v) is 4.78. The number of halogens is 3. The molecule has 3 aromatic rings. The van der Waals surface area contributed by atoms with Crippen LogP contribution in [-0.2, 0) is 35.8 Å². The molecule has 0 amide bonds. The molecule has 0 saturated heterocycles. The van der Waals surface area contributed by atoms with E-state index in [4.69, 9.17) is 4.74 Å². The Morgan fingerprint density at radius 1 is 1.26 bits per heavy atom. The van der Waals surface area contributed by atoms with Crippen LogP contribution in [0.15, 0.2) is 29.6 Å². The van der Waals surface area contributed by atoms with E-state index in [0.717, 1.165) is 12.1 Å². The summed E-state index contributed by atoms with van der Waals surface area (Å²) in [5, 5.41) is 9.93. The average Bonchev–Trinajstić information content (AvgIpc) is 3.19. The molecule has 3 rings (SSSR count). The van der Waals surface area contributed by atoms with Gasteiger partial charge >= 0.3 is 12.1 Å². The van der Waals surface area contributed by atoms with Crippen molar-refractivity contribution in [3.63, 3.8) is 0 Å². The summed E-state index contributed by atoms with van der Waals surface area (Å²) in [6.45, 7) is 1.83. The maximum absolute atomic E-state index is 12.6. The fourth-order valence-electron chi connectivity index (χ4n) is 2.35. The number of esters is 1. The number of nitrogens with zero attached hydrogens (tertiary/aromatic N) is 4. The van der Waals surface area contributed by atoms with Crippen molar-refractivity contribution in [2.75, 3.05) is 0 Å². The molecule has 0 saturated carbocycles. The number of alkyl halides is 3.